The van der Waals surface area contributed by atoms with Crippen molar-refractivity contribution in [2.24, 2.45) is 0 Å². The Bertz CT molecular complexity index is 1720. The predicted molar refractivity (Wildman–Crippen MR) is 150 cm³/mol. The van der Waals surface area contributed by atoms with Crippen LogP contribution in [0.5, 0.6) is 0 Å². The average Bonchev–Trinajstić information content (AvgIpc) is 3.31. The highest BCUT2D eigenvalue weighted by atomic mass is 79.9. The van der Waals surface area contributed by atoms with E-state index in [0.717, 1.165) is 4.47 Å². The Hall–Kier alpha value is -3.22. The number of rotatable bonds is 3. The number of carbonyl (C=O) groups excluding carboxylic acids is 2. The van der Waals surface area contributed by atoms with E-state index in [4.69, 9.17) is 4.74 Å². The summed E-state index contributed by atoms with van der Waals surface area (Å²) in [7, 11) is 1.25. The topological polar surface area (TPSA) is 125 Å². The van der Waals surface area contributed by atoms with Crippen molar-refractivity contribution in [1.29, 1.82) is 0 Å². The first-order valence-corrected chi connectivity index (χ1v) is 13.3. The number of carbonyl (C=O) groups is 2. The number of halogens is 3. The molecule has 0 saturated carbocycles. The summed E-state index contributed by atoms with van der Waals surface area (Å²) in [6, 6.07) is 15.9. The number of esters is 1. The highest BCUT2D eigenvalue weighted by Crippen LogP contribution is 2.58. The molecule has 1 amide bonds. The fraction of sp³-hybridized carbons (Fsp3) is 0.120. The molecule has 3 aromatic carbocycles. The van der Waals surface area contributed by atoms with E-state index < -0.39 is 28.6 Å². The zero-order chi connectivity index (χ0) is 26.1. The maximum Gasteiger partial charge on any atom is 0.347 e. The summed E-state index contributed by atoms with van der Waals surface area (Å²) in [4.78, 5) is 47.5. The highest BCUT2D eigenvalue weighted by molar-refractivity contribution is 9.11. The van der Waals surface area contributed by atoms with Gasteiger partial charge in [0, 0.05) is 41.3 Å². The standard InChI is InChI=1S/C25H16Br3N5O4/c1-37-22(35)25(33-20-14-8-11(26)2-5-17(14)30-23(36)31-20)16-10-13(28)4-7-19(16)32-24(25)15-9-12(27)3-6-18(15)29-21(24)34/h2-10,32H,1H3,(H,29,34)(H2,30,31,33,36). The second-order valence-corrected chi connectivity index (χ2v) is 11.4. The predicted octanol–water partition coefficient (Wildman–Crippen LogP) is 4.96. The van der Waals surface area contributed by atoms with Gasteiger partial charge in [-0.2, -0.15) is 4.98 Å². The molecule has 2 aliphatic rings. The first-order valence-electron chi connectivity index (χ1n) is 11.0. The van der Waals surface area contributed by atoms with Crippen LogP contribution in [-0.2, 0) is 25.4 Å². The number of nitrogens with zero attached hydrogens (tertiary/aromatic N) is 1. The maximum absolute atomic E-state index is 14.0. The van der Waals surface area contributed by atoms with E-state index in [1.165, 1.54) is 7.11 Å². The Balaban J connectivity index is 1.74. The first kappa shape index (κ1) is 24.1. The molecule has 186 valence electrons. The van der Waals surface area contributed by atoms with Crippen LogP contribution in [0, 0.1) is 0 Å². The number of benzene rings is 3. The first-order chi connectivity index (χ1) is 17.7. The molecule has 37 heavy (non-hydrogen) atoms. The molecule has 4 N–H and O–H groups in total. The van der Waals surface area contributed by atoms with Crippen molar-refractivity contribution in [2.75, 3.05) is 23.1 Å². The minimum Gasteiger partial charge on any atom is -0.467 e. The Labute approximate surface area is 234 Å². The van der Waals surface area contributed by atoms with Crippen LogP contribution in [0.2, 0.25) is 0 Å². The van der Waals surface area contributed by atoms with Gasteiger partial charge in [-0.1, -0.05) is 47.8 Å². The molecule has 0 saturated heterocycles. The second kappa shape index (κ2) is 8.40. The van der Waals surface area contributed by atoms with Crippen LogP contribution in [0.25, 0.3) is 10.9 Å². The average molecular weight is 690 g/mol. The molecule has 2 aliphatic heterocycles. The molecule has 0 aliphatic carbocycles. The summed E-state index contributed by atoms with van der Waals surface area (Å²) in [6.07, 6.45) is 0. The number of aromatic amines is 1. The quantitative estimate of drug-likeness (QED) is 0.224. The van der Waals surface area contributed by atoms with Crippen molar-refractivity contribution < 1.29 is 14.3 Å². The number of amides is 1. The molecular formula is C25H16Br3N5O4. The van der Waals surface area contributed by atoms with Crippen LogP contribution >= 0.6 is 47.8 Å². The highest BCUT2D eigenvalue weighted by Gasteiger charge is 2.71. The Kier molecular flexibility index (Phi) is 5.48. The van der Waals surface area contributed by atoms with Gasteiger partial charge in [-0.25, -0.2) is 9.59 Å². The summed E-state index contributed by atoms with van der Waals surface area (Å²) in [5, 5.41) is 10.0. The Morgan fingerprint density at radius 1 is 0.919 bits per heavy atom. The van der Waals surface area contributed by atoms with Crippen molar-refractivity contribution in [3.05, 3.63) is 89.6 Å². The van der Waals surface area contributed by atoms with E-state index in [9.17, 15) is 14.4 Å². The summed E-state index contributed by atoms with van der Waals surface area (Å²) in [5.74, 6) is -1.11. The molecule has 1 spiro atoms. The lowest BCUT2D eigenvalue weighted by Crippen LogP contribution is -2.63. The van der Waals surface area contributed by atoms with Crippen LogP contribution in [-0.4, -0.2) is 29.0 Å². The smallest absolute Gasteiger partial charge is 0.347 e. The lowest BCUT2D eigenvalue weighted by atomic mass is 9.71. The van der Waals surface area contributed by atoms with Crippen molar-refractivity contribution >= 4 is 87.8 Å². The summed E-state index contributed by atoms with van der Waals surface area (Å²) in [6.45, 7) is 0. The zero-order valence-electron chi connectivity index (χ0n) is 18.9. The normalized spacial score (nSPS) is 21.4. The minimum atomic E-state index is -1.87. The van der Waals surface area contributed by atoms with E-state index in [1.807, 2.05) is 0 Å². The number of hydrogen-bond donors (Lipinski definition) is 4. The monoisotopic (exact) mass is 687 g/mol. The van der Waals surface area contributed by atoms with E-state index in [-0.39, 0.29) is 5.82 Å². The van der Waals surface area contributed by atoms with E-state index >= 15 is 0 Å². The van der Waals surface area contributed by atoms with Gasteiger partial charge >= 0.3 is 11.7 Å². The molecule has 0 radical (unpaired) electrons. The van der Waals surface area contributed by atoms with Gasteiger partial charge in [-0.3, -0.25) is 4.79 Å². The van der Waals surface area contributed by atoms with Crippen LogP contribution in [0.1, 0.15) is 11.1 Å². The third-order valence-corrected chi connectivity index (χ3v) is 8.21. The Morgan fingerprint density at radius 2 is 1.57 bits per heavy atom. The largest absolute Gasteiger partial charge is 0.467 e. The molecule has 3 heterocycles. The maximum atomic E-state index is 14.0. The second-order valence-electron chi connectivity index (χ2n) is 8.66. The van der Waals surface area contributed by atoms with Crippen molar-refractivity contribution in [3.63, 3.8) is 0 Å². The van der Waals surface area contributed by atoms with Gasteiger partial charge in [0.05, 0.1) is 12.6 Å². The van der Waals surface area contributed by atoms with Crippen molar-refractivity contribution in [1.82, 2.24) is 9.97 Å². The number of aromatic nitrogens is 2. The van der Waals surface area contributed by atoms with Crippen LogP contribution in [0.15, 0.2) is 72.8 Å². The molecule has 0 fully saturated rings. The molecule has 6 rings (SSSR count). The molecule has 2 atom stereocenters. The number of ether oxygens (including phenoxy) is 1. The zero-order valence-corrected chi connectivity index (χ0v) is 23.7. The molecule has 12 heteroatoms. The number of H-pyrrole nitrogens is 1. The fourth-order valence-corrected chi connectivity index (χ4v) is 6.31. The van der Waals surface area contributed by atoms with Crippen LogP contribution < -0.4 is 21.6 Å². The summed E-state index contributed by atoms with van der Waals surface area (Å²) >= 11 is 10.5. The molecule has 0 bridgehead atoms. The van der Waals surface area contributed by atoms with Crippen LogP contribution in [0.3, 0.4) is 0 Å². The lowest BCUT2D eigenvalue weighted by Gasteiger charge is -2.40. The SMILES string of the molecule is COC(=O)C1(Nc2nc(=O)[nH]c3ccc(Br)cc23)c2cc(Br)ccc2NC12C(=O)Nc1ccc(Br)cc12. The molecule has 1 aromatic heterocycles. The molecule has 4 aromatic rings. The third-order valence-electron chi connectivity index (χ3n) is 6.73. The van der Waals surface area contributed by atoms with E-state index in [0.29, 0.717) is 42.4 Å². The van der Waals surface area contributed by atoms with Gasteiger partial charge in [-0.05, 0) is 54.6 Å². The fourth-order valence-electron chi connectivity index (χ4n) is 5.23. The van der Waals surface area contributed by atoms with Gasteiger partial charge < -0.3 is 25.7 Å². The summed E-state index contributed by atoms with van der Waals surface area (Å²) < 4.78 is 7.51. The third kappa shape index (κ3) is 3.32. The lowest BCUT2D eigenvalue weighted by molar-refractivity contribution is -0.150. The van der Waals surface area contributed by atoms with Gasteiger partial charge in [0.25, 0.3) is 5.91 Å². The number of nitrogens with one attached hydrogen (secondary N) is 4. The summed E-state index contributed by atoms with van der Waals surface area (Å²) in [5.41, 5.74) is -1.63. The van der Waals surface area contributed by atoms with Gasteiger partial charge in [0.15, 0.2) is 5.54 Å². The number of methoxy groups -OCH3 is 1. The number of anilines is 3. The molecule has 2 unspecified atom stereocenters. The van der Waals surface area contributed by atoms with Crippen molar-refractivity contribution in [3.8, 4) is 0 Å². The van der Waals surface area contributed by atoms with E-state index in [2.05, 4.69) is 73.7 Å². The number of fused-ring (bicyclic) bond motifs is 4. The minimum absolute atomic E-state index is 0.107. The van der Waals surface area contributed by atoms with E-state index in [1.54, 1.807) is 54.6 Å². The Morgan fingerprint density at radius 3 is 2.30 bits per heavy atom. The number of hydrogen-bond acceptors (Lipinski definition) is 7. The molecular weight excluding hydrogens is 674 g/mol. The molecule has 9 nitrogen and oxygen atoms in total. The van der Waals surface area contributed by atoms with Gasteiger partial charge in [-0.15, -0.1) is 0 Å². The van der Waals surface area contributed by atoms with Crippen molar-refractivity contribution in [2.45, 2.75) is 11.1 Å². The van der Waals surface area contributed by atoms with Crippen LogP contribution in [0.4, 0.5) is 17.2 Å². The van der Waals surface area contributed by atoms with Gasteiger partial charge in [0.2, 0.25) is 5.54 Å². The van der Waals surface area contributed by atoms with Gasteiger partial charge in [0.1, 0.15) is 5.82 Å².